The van der Waals surface area contributed by atoms with Crippen molar-refractivity contribution in [1.29, 1.82) is 0 Å². The fourth-order valence-corrected chi connectivity index (χ4v) is 3.59. The van der Waals surface area contributed by atoms with Crippen molar-refractivity contribution in [2.45, 2.75) is 25.3 Å². The van der Waals surface area contributed by atoms with Gasteiger partial charge in [0.25, 0.3) is 5.91 Å². The van der Waals surface area contributed by atoms with Gasteiger partial charge in [-0.2, -0.15) is 5.10 Å². The molecule has 138 valence electrons. The summed E-state index contributed by atoms with van der Waals surface area (Å²) < 4.78 is 5.19. The molecule has 3 heterocycles. The number of H-pyrrole nitrogens is 1. The monoisotopic (exact) mass is 362 g/mol. The maximum absolute atomic E-state index is 13.1. The van der Waals surface area contributed by atoms with Crippen LogP contribution in [0.4, 0.5) is 0 Å². The topological polar surface area (TPSA) is 71.1 Å². The molecule has 0 saturated carbocycles. The molecule has 1 N–H and O–H groups in total. The summed E-state index contributed by atoms with van der Waals surface area (Å²) in [4.78, 5) is 19.3. The molecule has 4 rings (SSSR count). The van der Waals surface area contributed by atoms with Gasteiger partial charge in [0.2, 0.25) is 0 Å². The van der Waals surface area contributed by atoms with Gasteiger partial charge in [-0.25, -0.2) is 0 Å². The SMILES string of the molecule is COc1ccc(-c2cc(C(=O)N3CCCC[C@H]3c3cccnc3)[nH]n2)cc1. The predicted octanol–water partition coefficient (Wildman–Crippen LogP) is 3.85. The summed E-state index contributed by atoms with van der Waals surface area (Å²) in [7, 11) is 1.64. The van der Waals surface area contributed by atoms with Gasteiger partial charge in [0.05, 0.1) is 18.8 Å². The lowest BCUT2D eigenvalue weighted by atomic mass is 9.96. The third-order valence-corrected chi connectivity index (χ3v) is 5.03. The number of benzene rings is 1. The second-order valence-electron chi connectivity index (χ2n) is 6.69. The average Bonchev–Trinajstić information content (AvgIpc) is 3.24. The molecular weight excluding hydrogens is 340 g/mol. The lowest BCUT2D eigenvalue weighted by Gasteiger charge is -2.35. The number of ether oxygens (including phenoxy) is 1. The highest BCUT2D eigenvalue weighted by Crippen LogP contribution is 2.32. The van der Waals surface area contributed by atoms with E-state index in [1.807, 2.05) is 53.6 Å². The van der Waals surface area contributed by atoms with E-state index in [4.69, 9.17) is 4.74 Å². The van der Waals surface area contributed by atoms with E-state index in [0.29, 0.717) is 5.69 Å². The van der Waals surface area contributed by atoms with E-state index in [-0.39, 0.29) is 11.9 Å². The zero-order chi connectivity index (χ0) is 18.6. The number of rotatable bonds is 4. The fraction of sp³-hybridized carbons (Fsp3) is 0.286. The molecule has 0 spiro atoms. The van der Waals surface area contributed by atoms with Crippen LogP contribution in [0.15, 0.2) is 54.9 Å². The number of nitrogens with zero attached hydrogens (tertiary/aromatic N) is 3. The average molecular weight is 362 g/mol. The van der Waals surface area contributed by atoms with Crippen molar-refractivity contribution >= 4 is 5.91 Å². The molecule has 1 aliphatic heterocycles. The van der Waals surface area contributed by atoms with Gasteiger partial charge in [0, 0.05) is 24.5 Å². The number of likely N-dealkylation sites (tertiary alicyclic amines) is 1. The van der Waals surface area contributed by atoms with Crippen LogP contribution in [-0.2, 0) is 0 Å². The Labute approximate surface area is 158 Å². The minimum Gasteiger partial charge on any atom is -0.497 e. The van der Waals surface area contributed by atoms with E-state index < -0.39 is 0 Å². The van der Waals surface area contributed by atoms with Crippen molar-refractivity contribution in [2.24, 2.45) is 0 Å². The Morgan fingerprint density at radius 3 is 2.81 bits per heavy atom. The van der Waals surface area contributed by atoms with Crippen LogP contribution in [-0.4, -0.2) is 39.6 Å². The first-order valence-corrected chi connectivity index (χ1v) is 9.17. The molecule has 1 fully saturated rings. The van der Waals surface area contributed by atoms with Gasteiger partial charge < -0.3 is 9.64 Å². The Balaban J connectivity index is 1.57. The number of nitrogens with one attached hydrogen (secondary N) is 1. The molecule has 0 bridgehead atoms. The minimum atomic E-state index is -0.0178. The van der Waals surface area contributed by atoms with Crippen LogP contribution in [0.2, 0.25) is 0 Å². The second-order valence-corrected chi connectivity index (χ2v) is 6.69. The van der Waals surface area contributed by atoms with Crippen LogP contribution >= 0.6 is 0 Å². The summed E-state index contributed by atoms with van der Waals surface area (Å²) in [6.45, 7) is 0.745. The van der Waals surface area contributed by atoms with Gasteiger partial charge in [-0.1, -0.05) is 6.07 Å². The maximum atomic E-state index is 13.1. The third-order valence-electron chi connectivity index (χ3n) is 5.03. The zero-order valence-corrected chi connectivity index (χ0v) is 15.3. The smallest absolute Gasteiger partial charge is 0.272 e. The van der Waals surface area contributed by atoms with E-state index in [9.17, 15) is 4.79 Å². The highest BCUT2D eigenvalue weighted by Gasteiger charge is 2.29. The van der Waals surface area contributed by atoms with Crippen molar-refractivity contribution in [2.75, 3.05) is 13.7 Å². The number of carbonyl (C=O) groups is 1. The predicted molar refractivity (Wildman–Crippen MR) is 102 cm³/mol. The number of pyridine rings is 1. The normalized spacial score (nSPS) is 16.9. The van der Waals surface area contributed by atoms with Gasteiger partial charge in [0.15, 0.2) is 0 Å². The van der Waals surface area contributed by atoms with Gasteiger partial charge in [-0.15, -0.1) is 0 Å². The lowest BCUT2D eigenvalue weighted by Crippen LogP contribution is -2.38. The number of hydrogen-bond donors (Lipinski definition) is 1. The largest absolute Gasteiger partial charge is 0.497 e. The summed E-state index contributed by atoms with van der Waals surface area (Å²) in [5, 5.41) is 7.24. The number of hydrogen-bond acceptors (Lipinski definition) is 4. The van der Waals surface area contributed by atoms with Crippen LogP contribution < -0.4 is 4.74 Å². The molecule has 27 heavy (non-hydrogen) atoms. The Bertz CT molecular complexity index is 905. The fourth-order valence-electron chi connectivity index (χ4n) is 3.59. The first-order chi connectivity index (χ1) is 13.3. The molecule has 1 amide bonds. The minimum absolute atomic E-state index is 0.0178. The van der Waals surface area contributed by atoms with E-state index in [1.54, 1.807) is 13.3 Å². The first kappa shape index (κ1) is 17.3. The van der Waals surface area contributed by atoms with Crippen molar-refractivity contribution in [3.05, 3.63) is 66.1 Å². The molecule has 6 heteroatoms. The molecule has 1 aliphatic rings. The van der Waals surface area contributed by atoms with Crippen molar-refractivity contribution < 1.29 is 9.53 Å². The van der Waals surface area contributed by atoms with E-state index >= 15 is 0 Å². The van der Waals surface area contributed by atoms with E-state index in [0.717, 1.165) is 48.4 Å². The summed E-state index contributed by atoms with van der Waals surface area (Å²) >= 11 is 0. The number of amides is 1. The molecule has 6 nitrogen and oxygen atoms in total. The van der Waals surface area contributed by atoms with Crippen LogP contribution in [0.5, 0.6) is 5.75 Å². The second kappa shape index (κ2) is 7.61. The van der Waals surface area contributed by atoms with Crippen molar-refractivity contribution in [1.82, 2.24) is 20.1 Å². The van der Waals surface area contributed by atoms with E-state index in [2.05, 4.69) is 15.2 Å². The lowest BCUT2D eigenvalue weighted by molar-refractivity contribution is 0.0605. The molecule has 0 radical (unpaired) electrons. The number of piperidine rings is 1. The van der Waals surface area contributed by atoms with Crippen LogP contribution in [0.25, 0.3) is 11.3 Å². The Kier molecular flexibility index (Phi) is 4.87. The number of aromatic amines is 1. The Morgan fingerprint density at radius 1 is 1.22 bits per heavy atom. The summed E-state index contributed by atoms with van der Waals surface area (Å²) in [5.74, 6) is 0.772. The summed E-state index contributed by atoms with van der Waals surface area (Å²) in [5.41, 5.74) is 3.28. The Hall–Kier alpha value is -3.15. The number of carbonyl (C=O) groups excluding carboxylic acids is 1. The summed E-state index contributed by atoms with van der Waals surface area (Å²) in [6.07, 6.45) is 6.70. The highest BCUT2D eigenvalue weighted by atomic mass is 16.5. The molecule has 1 saturated heterocycles. The van der Waals surface area contributed by atoms with Crippen LogP contribution in [0.3, 0.4) is 0 Å². The van der Waals surface area contributed by atoms with Gasteiger partial charge in [0.1, 0.15) is 11.4 Å². The molecule has 1 atom stereocenters. The molecule has 0 aliphatic carbocycles. The van der Waals surface area contributed by atoms with Crippen molar-refractivity contribution in [3.63, 3.8) is 0 Å². The highest BCUT2D eigenvalue weighted by molar-refractivity contribution is 5.93. The van der Waals surface area contributed by atoms with Crippen molar-refractivity contribution in [3.8, 4) is 17.0 Å². The van der Waals surface area contributed by atoms with Crippen LogP contribution in [0, 0.1) is 0 Å². The van der Waals surface area contributed by atoms with Gasteiger partial charge in [-0.05, 0) is 61.2 Å². The van der Waals surface area contributed by atoms with Crippen LogP contribution in [0.1, 0.15) is 41.4 Å². The zero-order valence-electron chi connectivity index (χ0n) is 15.3. The third kappa shape index (κ3) is 3.56. The quantitative estimate of drug-likeness (QED) is 0.765. The number of methoxy groups -OCH3 is 1. The summed E-state index contributed by atoms with van der Waals surface area (Å²) in [6, 6.07) is 13.5. The Morgan fingerprint density at radius 2 is 2.07 bits per heavy atom. The first-order valence-electron chi connectivity index (χ1n) is 9.17. The molecule has 1 aromatic carbocycles. The molecule has 0 unspecified atom stereocenters. The van der Waals surface area contributed by atoms with Gasteiger partial charge >= 0.3 is 0 Å². The standard InChI is InChI=1S/C21H22N4O2/c1-27-17-9-7-15(8-10-17)18-13-19(24-23-18)21(26)25-12-3-2-6-20(25)16-5-4-11-22-14-16/h4-5,7-11,13-14,20H,2-3,6,12H2,1H3,(H,23,24)/t20-/m0/s1. The maximum Gasteiger partial charge on any atom is 0.272 e. The molecular formula is C21H22N4O2. The molecule has 2 aromatic heterocycles. The number of aromatic nitrogens is 3. The van der Waals surface area contributed by atoms with Gasteiger partial charge in [-0.3, -0.25) is 14.9 Å². The van der Waals surface area contributed by atoms with E-state index in [1.165, 1.54) is 0 Å². The molecule has 3 aromatic rings.